The summed E-state index contributed by atoms with van der Waals surface area (Å²) < 4.78 is 1.63. The van der Waals surface area contributed by atoms with E-state index in [1.54, 1.807) is 29.1 Å². The van der Waals surface area contributed by atoms with Crippen LogP contribution in [0.3, 0.4) is 0 Å². The molecule has 0 saturated carbocycles. The Bertz CT molecular complexity index is 504. The molecule has 0 radical (unpaired) electrons. The Morgan fingerprint density at radius 1 is 1.31 bits per heavy atom. The molecule has 1 aromatic carbocycles. The molecule has 1 aromatic heterocycles. The number of nitrogens with two attached hydrogens (primary N) is 1. The summed E-state index contributed by atoms with van der Waals surface area (Å²) in [6, 6.07) is 7.98. The van der Waals surface area contributed by atoms with Crippen LogP contribution in [0.5, 0.6) is 0 Å². The average Bonchev–Trinajstić information content (AvgIpc) is 2.77. The molecule has 6 heteroatoms. The number of non-ortho nitro benzene ring substituents is 1. The summed E-state index contributed by atoms with van der Waals surface area (Å²) >= 11 is 0. The SMILES string of the molecule is NCc1ccn(-c2ccc([N+](=O)[O-])cc2)n1. The highest BCUT2D eigenvalue weighted by atomic mass is 16.6. The second kappa shape index (κ2) is 4.11. The molecule has 0 atom stereocenters. The lowest BCUT2D eigenvalue weighted by Gasteiger charge is -2.00. The van der Waals surface area contributed by atoms with Crippen LogP contribution in [0.4, 0.5) is 5.69 Å². The van der Waals surface area contributed by atoms with Gasteiger partial charge in [-0.05, 0) is 18.2 Å². The minimum Gasteiger partial charge on any atom is -0.325 e. The Morgan fingerprint density at radius 3 is 2.50 bits per heavy atom. The molecule has 0 unspecified atom stereocenters. The first kappa shape index (κ1) is 10.3. The average molecular weight is 218 g/mol. The molecule has 0 amide bonds. The summed E-state index contributed by atoms with van der Waals surface area (Å²) in [4.78, 5) is 10.0. The third-order valence-corrected chi connectivity index (χ3v) is 2.18. The van der Waals surface area contributed by atoms with Crippen molar-refractivity contribution < 1.29 is 4.92 Å². The molecular formula is C10H10N4O2. The van der Waals surface area contributed by atoms with Crippen molar-refractivity contribution in [1.82, 2.24) is 9.78 Å². The summed E-state index contributed by atoms with van der Waals surface area (Å²) in [5.41, 5.74) is 7.05. The van der Waals surface area contributed by atoms with Crippen molar-refractivity contribution in [3.8, 4) is 5.69 Å². The van der Waals surface area contributed by atoms with Crippen molar-refractivity contribution in [2.75, 3.05) is 0 Å². The van der Waals surface area contributed by atoms with Crippen LogP contribution >= 0.6 is 0 Å². The summed E-state index contributed by atoms with van der Waals surface area (Å²) in [7, 11) is 0. The number of nitro groups is 1. The van der Waals surface area contributed by atoms with Crippen LogP contribution in [0.25, 0.3) is 5.69 Å². The van der Waals surface area contributed by atoms with Gasteiger partial charge in [-0.3, -0.25) is 10.1 Å². The van der Waals surface area contributed by atoms with Crippen molar-refractivity contribution in [3.63, 3.8) is 0 Å². The van der Waals surface area contributed by atoms with Crippen LogP contribution in [-0.2, 0) is 6.54 Å². The van der Waals surface area contributed by atoms with Gasteiger partial charge in [0, 0.05) is 24.9 Å². The summed E-state index contributed by atoms with van der Waals surface area (Å²) in [5.74, 6) is 0. The molecule has 16 heavy (non-hydrogen) atoms. The Labute approximate surface area is 91.5 Å². The van der Waals surface area contributed by atoms with Gasteiger partial charge in [0.05, 0.1) is 16.3 Å². The van der Waals surface area contributed by atoms with Gasteiger partial charge in [-0.2, -0.15) is 5.10 Å². The number of hydrogen-bond acceptors (Lipinski definition) is 4. The van der Waals surface area contributed by atoms with Crippen LogP contribution in [0, 0.1) is 10.1 Å². The second-order valence-electron chi connectivity index (χ2n) is 3.23. The minimum absolute atomic E-state index is 0.0648. The van der Waals surface area contributed by atoms with Crippen molar-refractivity contribution in [2.24, 2.45) is 5.73 Å². The van der Waals surface area contributed by atoms with Crippen LogP contribution in [0.1, 0.15) is 5.69 Å². The number of rotatable bonds is 3. The fourth-order valence-corrected chi connectivity index (χ4v) is 1.34. The van der Waals surface area contributed by atoms with E-state index in [4.69, 9.17) is 5.73 Å². The molecule has 2 aromatic rings. The highest BCUT2D eigenvalue weighted by molar-refractivity contribution is 5.40. The van der Waals surface area contributed by atoms with E-state index in [-0.39, 0.29) is 5.69 Å². The molecule has 0 saturated heterocycles. The predicted octanol–water partition coefficient (Wildman–Crippen LogP) is 1.24. The molecule has 2 N–H and O–H groups in total. The second-order valence-corrected chi connectivity index (χ2v) is 3.23. The maximum atomic E-state index is 10.5. The van der Waals surface area contributed by atoms with E-state index in [0.29, 0.717) is 6.54 Å². The molecule has 0 spiro atoms. The fourth-order valence-electron chi connectivity index (χ4n) is 1.34. The molecule has 6 nitrogen and oxygen atoms in total. The zero-order chi connectivity index (χ0) is 11.5. The molecule has 0 fully saturated rings. The smallest absolute Gasteiger partial charge is 0.269 e. The summed E-state index contributed by atoms with van der Waals surface area (Å²) in [5, 5.41) is 14.7. The first-order valence-electron chi connectivity index (χ1n) is 4.70. The van der Waals surface area contributed by atoms with Gasteiger partial charge in [0.1, 0.15) is 0 Å². The Balaban J connectivity index is 2.30. The van der Waals surface area contributed by atoms with Crippen molar-refractivity contribution in [1.29, 1.82) is 0 Å². The molecule has 0 bridgehead atoms. The largest absolute Gasteiger partial charge is 0.325 e. The van der Waals surface area contributed by atoms with E-state index in [0.717, 1.165) is 11.4 Å². The van der Waals surface area contributed by atoms with Crippen LogP contribution in [0.2, 0.25) is 0 Å². The van der Waals surface area contributed by atoms with E-state index in [2.05, 4.69) is 5.10 Å². The maximum absolute atomic E-state index is 10.5. The third-order valence-electron chi connectivity index (χ3n) is 2.18. The van der Waals surface area contributed by atoms with Gasteiger partial charge in [-0.1, -0.05) is 0 Å². The predicted molar refractivity (Wildman–Crippen MR) is 58.1 cm³/mol. The standard InChI is InChI=1S/C10H10N4O2/c11-7-8-5-6-13(12-8)9-1-3-10(4-2-9)14(15)16/h1-6H,7,11H2. The van der Waals surface area contributed by atoms with E-state index in [9.17, 15) is 10.1 Å². The number of nitrogens with zero attached hydrogens (tertiary/aromatic N) is 3. The highest BCUT2D eigenvalue weighted by Crippen LogP contribution is 2.14. The topological polar surface area (TPSA) is 87.0 Å². The fraction of sp³-hybridized carbons (Fsp3) is 0.100. The quantitative estimate of drug-likeness (QED) is 0.620. The number of hydrogen-bond donors (Lipinski definition) is 1. The lowest BCUT2D eigenvalue weighted by atomic mass is 10.3. The number of aromatic nitrogens is 2. The third kappa shape index (κ3) is 1.91. The van der Waals surface area contributed by atoms with Gasteiger partial charge in [-0.25, -0.2) is 4.68 Å². The van der Waals surface area contributed by atoms with Crippen molar-refractivity contribution >= 4 is 5.69 Å². The minimum atomic E-state index is -0.432. The number of benzene rings is 1. The van der Waals surface area contributed by atoms with E-state index < -0.39 is 4.92 Å². The molecular weight excluding hydrogens is 208 g/mol. The first-order chi connectivity index (χ1) is 7.70. The summed E-state index contributed by atoms with van der Waals surface area (Å²) in [6.07, 6.45) is 1.77. The van der Waals surface area contributed by atoms with E-state index in [1.807, 2.05) is 0 Å². The Hall–Kier alpha value is -2.21. The van der Waals surface area contributed by atoms with Gasteiger partial charge in [0.2, 0.25) is 0 Å². The zero-order valence-electron chi connectivity index (χ0n) is 8.41. The normalized spacial score (nSPS) is 10.3. The van der Waals surface area contributed by atoms with Crippen molar-refractivity contribution in [3.05, 3.63) is 52.3 Å². The molecule has 2 rings (SSSR count). The van der Waals surface area contributed by atoms with Gasteiger partial charge >= 0.3 is 0 Å². The molecule has 1 heterocycles. The maximum Gasteiger partial charge on any atom is 0.269 e. The van der Waals surface area contributed by atoms with Crippen LogP contribution in [-0.4, -0.2) is 14.7 Å². The van der Waals surface area contributed by atoms with Gasteiger partial charge in [0.15, 0.2) is 0 Å². The highest BCUT2D eigenvalue weighted by Gasteiger charge is 2.05. The van der Waals surface area contributed by atoms with E-state index >= 15 is 0 Å². The van der Waals surface area contributed by atoms with Crippen LogP contribution < -0.4 is 5.73 Å². The zero-order valence-corrected chi connectivity index (χ0v) is 8.41. The lowest BCUT2D eigenvalue weighted by molar-refractivity contribution is -0.384. The molecule has 82 valence electrons. The Kier molecular flexibility index (Phi) is 2.65. The first-order valence-corrected chi connectivity index (χ1v) is 4.70. The molecule has 0 aliphatic carbocycles. The Morgan fingerprint density at radius 2 is 2.00 bits per heavy atom. The van der Waals surface area contributed by atoms with Crippen molar-refractivity contribution in [2.45, 2.75) is 6.54 Å². The van der Waals surface area contributed by atoms with Gasteiger partial charge in [-0.15, -0.1) is 0 Å². The molecule has 0 aliphatic rings. The van der Waals surface area contributed by atoms with Gasteiger partial charge in [0.25, 0.3) is 5.69 Å². The lowest BCUT2D eigenvalue weighted by Crippen LogP contribution is -2.00. The molecule has 0 aliphatic heterocycles. The summed E-state index contributed by atoms with van der Waals surface area (Å²) in [6.45, 7) is 0.375. The monoisotopic (exact) mass is 218 g/mol. The number of nitro benzene ring substituents is 1. The van der Waals surface area contributed by atoms with Gasteiger partial charge < -0.3 is 5.73 Å². The van der Waals surface area contributed by atoms with E-state index in [1.165, 1.54) is 12.1 Å². The van der Waals surface area contributed by atoms with Crippen LogP contribution in [0.15, 0.2) is 36.5 Å².